The molecule has 1 aliphatic rings. The van der Waals surface area contributed by atoms with E-state index in [9.17, 15) is 5.11 Å². The average Bonchev–Trinajstić information content (AvgIpc) is 2.28. The quantitative estimate of drug-likeness (QED) is 0.902. The number of rotatable bonds is 2. The van der Waals surface area contributed by atoms with E-state index in [1.54, 1.807) is 0 Å². The highest BCUT2D eigenvalue weighted by atomic mass is 79.9. The van der Waals surface area contributed by atoms with Gasteiger partial charge in [0.25, 0.3) is 0 Å². The molecule has 88 valence electrons. The first-order valence-electron chi connectivity index (χ1n) is 5.81. The van der Waals surface area contributed by atoms with Gasteiger partial charge in [0.2, 0.25) is 0 Å². The normalized spacial score (nSPS) is 18.9. The fourth-order valence-electron chi connectivity index (χ4n) is 2.14. The Morgan fingerprint density at radius 3 is 2.75 bits per heavy atom. The number of hydrogen-bond donors (Lipinski definition) is 1. The molecule has 2 rings (SSSR count). The van der Waals surface area contributed by atoms with Gasteiger partial charge in [-0.15, -0.1) is 0 Å². The van der Waals surface area contributed by atoms with Crippen LogP contribution in [-0.2, 0) is 6.54 Å². The molecule has 1 saturated heterocycles. The van der Waals surface area contributed by atoms with Crippen molar-refractivity contribution in [3.8, 4) is 0 Å². The van der Waals surface area contributed by atoms with E-state index in [4.69, 9.17) is 0 Å². The van der Waals surface area contributed by atoms with Gasteiger partial charge in [-0.3, -0.25) is 4.90 Å². The molecule has 1 N–H and O–H groups in total. The number of likely N-dealkylation sites (tertiary alicyclic amines) is 1. The highest BCUT2D eigenvalue weighted by Gasteiger charge is 2.17. The topological polar surface area (TPSA) is 23.5 Å². The summed E-state index contributed by atoms with van der Waals surface area (Å²) in [6, 6.07) is 6.36. The Hall–Kier alpha value is -0.380. The number of nitrogens with zero attached hydrogens (tertiary/aromatic N) is 1. The van der Waals surface area contributed by atoms with Crippen molar-refractivity contribution in [2.75, 3.05) is 13.1 Å². The van der Waals surface area contributed by atoms with Gasteiger partial charge in [0.1, 0.15) is 0 Å². The molecule has 0 atom stereocenters. The van der Waals surface area contributed by atoms with Crippen LogP contribution in [0.2, 0.25) is 0 Å². The third-order valence-electron chi connectivity index (χ3n) is 3.33. The number of aliphatic hydroxyl groups is 1. The summed E-state index contributed by atoms with van der Waals surface area (Å²) in [5.41, 5.74) is 2.71. The average molecular weight is 284 g/mol. The van der Waals surface area contributed by atoms with Gasteiger partial charge in [-0.1, -0.05) is 28.1 Å². The summed E-state index contributed by atoms with van der Waals surface area (Å²) in [6.45, 7) is 5.16. The number of hydrogen-bond acceptors (Lipinski definition) is 2. The minimum atomic E-state index is -0.0835. The molecule has 1 aromatic rings. The van der Waals surface area contributed by atoms with Gasteiger partial charge < -0.3 is 5.11 Å². The maximum Gasteiger partial charge on any atom is 0.0564 e. The number of piperidine rings is 1. The molecule has 0 aromatic heterocycles. The van der Waals surface area contributed by atoms with E-state index in [-0.39, 0.29) is 6.10 Å². The summed E-state index contributed by atoms with van der Waals surface area (Å²) in [6.07, 6.45) is 1.74. The van der Waals surface area contributed by atoms with E-state index in [1.165, 1.54) is 15.6 Å². The summed E-state index contributed by atoms with van der Waals surface area (Å²) in [5.74, 6) is 0. The predicted octanol–water partition coefficient (Wildman–Crippen LogP) is 2.71. The summed E-state index contributed by atoms with van der Waals surface area (Å²) >= 11 is 3.56. The first kappa shape index (κ1) is 12.1. The fraction of sp³-hybridized carbons (Fsp3) is 0.538. The van der Waals surface area contributed by atoms with Crippen LogP contribution in [0.15, 0.2) is 22.7 Å². The summed E-state index contributed by atoms with van der Waals surface area (Å²) < 4.78 is 1.18. The summed E-state index contributed by atoms with van der Waals surface area (Å²) in [4.78, 5) is 2.42. The van der Waals surface area contributed by atoms with Crippen LogP contribution in [0, 0.1) is 6.92 Å². The van der Waals surface area contributed by atoms with Gasteiger partial charge in [0.05, 0.1) is 6.10 Å². The second kappa shape index (κ2) is 5.30. The second-order valence-corrected chi connectivity index (χ2v) is 5.39. The third kappa shape index (κ3) is 2.84. The molecule has 16 heavy (non-hydrogen) atoms. The van der Waals surface area contributed by atoms with Crippen LogP contribution >= 0.6 is 15.9 Å². The van der Waals surface area contributed by atoms with E-state index in [2.05, 4.69) is 46.0 Å². The van der Waals surface area contributed by atoms with Crippen LogP contribution in [-0.4, -0.2) is 29.2 Å². The molecule has 0 spiro atoms. The van der Waals surface area contributed by atoms with Crippen molar-refractivity contribution in [2.24, 2.45) is 0 Å². The van der Waals surface area contributed by atoms with E-state index in [1.807, 2.05) is 0 Å². The van der Waals surface area contributed by atoms with Gasteiger partial charge in [-0.2, -0.15) is 0 Å². The molecule has 1 fully saturated rings. The standard InChI is InChI=1S/C13H18BrNO/c1-10-11(3-2-4-13(10)14)9-15-7-5-12(16)6-8-15/h2-4,12,16H,5-9H2,1H3. The van der Waals surface area contributed by atoms with Gasteiger partial charge in [-0.25, -0.2) is 0 Å². The first-order valence-corrected chi connectivity index (χ1v) is 6.60. The van der Waals surface area contributed by atoms with Crippen LogP contribution in [0.3, 0.4) is 0 Å². The summed E-state index contributed by atoms with van der Waals surface area (Å²) in [7, 11) is 0. The Balaban J connectivity index is 2.01. The molecule has 1 aromatic carbocycles. The third-order valence-corrected chi connectivity index (χ3v) is 4.19. The van der Waals surface area contributed by atoms with E-state index in [0.29, 0.717) is 0 Å². The lowest BCUT2D eigenvalue weighted by atomic mass is 10.0. The summed E-state index contributed by atoms with van der Waals surface area (Å²) in [5, 5.41) is 9.46. The van der Waals surface area contributed by atoms with Gasteiger partial charge >= 0.3 is 0 Å². The highest BCUT2D eigenvalue weighted by Crippen LogP contribution is 2.22. The molecule has 0 saturated carbocycles. The van der Waals surface area contributed by atoms with Crippen molar-refractivity contribution in [3.05, 3.63) is 33.8 Å². The van der Waals surface area contributed by atoms with Crippen molar-refractivity contribution >= 4 is 15.9 Å². The zero-order valence-electron chi connectivity index (χ0n) is 9.62. The van der Waals surface area contributed by atoms with Crippen molar-refractivity contribution in [2.45, 2.75) is 32.4 Å². The minimum Gasteiger partial charge on any atom is -0.393 e. The molecule has 0 bridgehead atoms. The molecular weight excluding hydrogens is 266 g/mol. The van der Waals surface area contributed by atoms with Crippen molar-refractivity contribution in [1.82, 2.24) is 4.90 Å². The zero-order chi connectivity index (χ0) is 11.5. The molecule has 1 heterocycles. The van der Waals surface area contributed by atoms with E-state index < -0.39 is 0 Å². The van der Waals surface area contributed by atoms with E-state index >= 15 is 0 Å². The molecular formula is C13H18BrNO. The lowest BCUT2D eigenvalue weighted by Gasteiger charge is -2.30. The first-order chi connectivity index (χ1) is 7.66. The SMILES string of the molecule is Cc1c(Br)cccc1CN1CCC(O)CC1. The highest BCUT2D eigenvalue weighted by molar-refractivity contribution is 9.10. The number of aliphatic hydroxyl groups excluding tert-OH is 1. The van der Waals surface area contributed by atoms with Crippen LogP contribution in [0.25, 0.3) is 0 Å². The largest absolute Gasteiger partial charge is 0.393 e. The molecule has 0 radical (unpaired) electrons. The monoisotopic (exact) mass is 283 g/mol. The lowest BCUT2D eigenvalue weighted by Crippen LogP contribution is -2.35. The van der Waals surface area contributed by atoms with Crippen LogP contribution < -0.4 is 0 Å². The molecule has 3 heteroatoms. The van der Waals surface area contributed by atoms with Crippen LogP contribution in [0.4, 0.5) is 0 Å². The smallest absolute Gasteiger partial charge is 0.0564 e. The number of halogens is 1. The molecule has 0 amide bonds. The zero-order valence-corrected chi connectivity index (χ0v) is 11.2. The Kier molecular flexibility index (Phi) is 4.00. The van der Waals surface area contributed by atoms with Crippen molar-refractivity contribution in [3.63, 3.8) is 0 Å². The maximum absolute atomic E-state index is 9.46. The van der Waals surface area contributed by atoms with Crippen molar-refractivity contribution in [1.29, 1.82) is 0 Å². The Bertz CT molecular complexity index is 359. The Morgan fingerprint density at radius 2 is 2.06 bits per heavy atom. The Labute approximate surface area is 105 Å². The number of benzene rings is 1. The van der Waals surface area contributed by atoms with Crippen molar-refractivity contribution < 1.29 is 5.11 Å². The minimum absolute atomic E-state index is 0.0835. The molecule has 2 nitrogen and oxygen atoms in total. The maximum atomic E-state index is 9.46. The molecule has 1 aliphatic heterocycles. The molecule has 0 aliphatic carbocycles. The lowest BCUT2D eigenvalue weighted by molar-refractivity contribution is 0.0791. The fourth-order valence-corrected chi connectivity index (χ4v) is 2.55. The van der Waals surface area contributed by atoms with Crippen LogP contribution in [0.1, 0.15) is 24.0 Å². The predicted molar refractivity (Wildman–Crippen MR) is 69.4 cm³/mol. The van der Waals surface area contributed by atoms with E-state index in [0.717, 1.165) is 32.5 Å². The Morgan fingerprint density at radius 1 is 1.38 bits per heavy atom. The van der Waals surface area contributed by atoms with Gasteiger partial charge in [0.15, 0.2) is 0 Å². The second-order valence-electron chi connectivity index (χ2n) is 4.53. The van der Waals surface area contributed by atoms with Gasteiger partial charge in [0, 0.05) is 24.1 Å². The van der Waals surface area contributed by atoms with Gasteiger partial charge in [-0.05, 0) is 37.0 Å². The van der Waals surface area contributed by atoms with Crippen LogP contribution in [0.5, 0.6) is 0 Å². The molecule has 0 unspecified atom stereocenters.